The first-order valence-electron chi connectivity index (χ1n) is 12.9. The van der Waals surface area contributed by atoms with E-state index in [2.05, 4.69) is 5.32 Å². The van der Waals surface area contributed by atoms with Gasteiger partial charge in [0, 0.05) is 50.7 Å². The number of nitrogens with zero attached hydrogens (tertiary/aromatic N) is 3. The largest absolute Gasteiger partial charge is 0.479 e. The maximum Gasteiger partial charge on any atom is 0.320 e. The van der Waals surface area contributed by atoms with Gasteiger partial charge in [-0.15, -0.1) is 0 Å². The molecule has 0 bridgehead atoms. The highest BCUT2D eigenvalue weighted by Crippen LogP contribution is 2.32. The zero-order valence-electron chi connectivity index (χ0n) is 20.3. The van der Waals surface area contributed by atoms with E-state index in [0.717, 1.165) is 45.3 Å². The van der Waals surface area contributed by atoms with Gasteiger partial charge >= 0.3 is 6.03 Å². The fourth-order valence-electron chi connectivity index (χ4n) is 5.68. The van der Waals surface area contributed by atoms with E-state index < -0.39 is 6.10 Å². The van der Waals surface area contributed by atoms with Gasteiger partial charge in [-0.25, -0.2) is 4.79 Å². The van der Waals surface area contributed by atoms with Gasteiger partial charge in [0.1, 0.15) is 5.75 Å². The fourth-order valence-corrected chi connectivity index (χ4v) is 5.68. The maximum absolute atomic E-state index is 13.2. The topological polar surface area (TPSA) is 99.3 Å². The van der Waals surface area contributed by atoms with Crippen molar-refractivity contribution in [2.75, 3.05) is 44.6 Å². The van der Waals surface area contributed by atoms with E-state index in [1.54, 1.807) is 25.1 Å². The molecular weight excluding hydrogens is 448 g/mol. The lowest BCUT2D eigenvalue weighted by atomic mass is 9.87. The van der Waals surface area contributed by atoms with Crippen molar-refractivity contribution >= 4 is 29.3 Å². The first-order chi connectivity index (χ1) is 16.9. The Balaban J connectivity index is 1.15. The summed E-state index contributed by atoms with van der Waals surface area (Å²) in [5.74, 6) is 0.173. The van der Waals surface area contributed by atoms with Crippen molar-refractivity contribution in [3.05, 3.63) is 23.8 Å². The molecule has 9 nitrogen and oxygen atoms in total. The van der Waals surface area contributed by atoms with E-state index in [9.17, 15) is 19.2 Å². The summed E-state index contributed by atoms with van der Waals surface area (Å²) in [6, 6.07) is 5.24. The Morgan fingerprint density at radius 3 is 2.34 bits per heavy atom. The summed E-state index contributed by atoms with van der Waals surface area (Å²) in [6.45, 7) is 5.64. The SMILES string of the molecule is CC1Oc2ccc(C(=O)C3CCN(C(=O)C4CCCN(C(=O)N5CCCC5)C4)CC3)cc2NC1=O. The minimum absolute atomic E-state index is 0.0350. The number of nitrogens with one attached hydrogen (secondary N) is 1. The van der Waals surface area contributed by atoms with E-state index >= 15 is 0 Å². The minimum Gasteiger partial charge on any atom is -0.479 e. The van der Waals surface area contributed by atoms with Crippen LogP contribution in [0.4, 0.5) is 10.5 Å². The molecule has 0 aromatic heterocycles. The molecular formula is C26H34N4O5. The zero-order valence-corrected chi connectivity index (χ0v) is 20.3. The minimum atomic E-state index is -0.555. The predicted octanol–water partition coefficient (Wildman–Crippen LogP) is 2.76. The van der Waals surface area contributed by atoms with Crippen LogP contribution in [0.25, 0.3) is 0 Å². The van der Waals surface area contributed by atoms with E-state index in [1.165, 1.54) is 0 Å². The van der Waals surface area contributed by atoms with Crippen molar-refractivity contribution < 1.29 is 23.9 Å². The number of piperidine rings is 2. The van der Waals surface area contributed by atoms with Crippen molar-refractivity contribution in [2.45, 2.75) is 51.6 Å². The van der Waals surface area contributed by atoms with Crippen LogP contribution in [-0.4, -0.2) is 83.7 Å². The van der Waals surface area contributed by atoms with Crippen molar-refractivity contribution in [1.29, 1.82) is 0 Å². The van der Waals surface area contributed by atoms with E-state index in [4.69, 9.17) is 4.74 Å². The molecule has 0 radical (unpaired) electrons. The quantitative estimate of drug-likeness (QED) is 0.668. The molecule has 35 heavy (non-hydrogen) atoms. The first kappa shape index (κ1) is 23.6. The van der Waals surface area contributed by atoms with Crippen LogP contribution >= 0.6 is 0 Å². The number of fused-ring (bicyclic) bond motifs is 1. The number of likely N-dealkylation sites (tertiary alicyclic amines) is 3. The highest BCUT2D eigenvalue weighted by Gasteiger charge is 2.36. The van der Waals surface area contributed by atoms with Gasteiger partial charge in [-0.1, -0.05) is 0 Å². The van der Waals surface area contributed by atoms with Crippen molar-refractivity contribution in [3.63, 3.8) is 0 Å². The van der Waals surface area contributed by atoms with E-state index in [1.807, 2.05) is 14.7 Å². The van der Waals surface area contributed by atoms with Crippen molar-refractivity contribution in [1.82, 2.24) is 14.7 Å². The van der Waals surface area contributed by atoms with Crippen LogP contribution in [0.2, 0.25) is 0 Å². The van der Waals surface area contributed by atoms with Crippen molar-refractivity contribution in [3.8, 4) is 5.75 Å². The molecule has 5 rings (SSSR count). The summed E-state index contributed by atoms with van der Waals surface area (Å²) in [7, 11) is 0. The van der Waals surface area contributed by atoms with E-state index in [-0.39, 0.29) is 35.5 Å². The number of carbonyl (C=O) groups is 4. The maximum atomic E-state index is 13.2. The fraction of sp³-hybridized carbons (Fsp3) is 0.615. The van der Waals surface area contributed by atoms with Gasteiger partial charge in [0.25, 0.3) is 5.91 Å². The molecule has 4 aliphatic heterocycles. The van der Waals surface area contributed by atoms with Gasteiger partial charge < -0.3 is 24.8 Å². The third kappa shape index (κ3) is 4.86. The Kier molecular flexibility index (Phi) is 6.67. The molecule has 4 aliphatic rings. The summed E-state index contributed by atoms with van der Waals surface area (Å²) in [4.78, 5) is 56.7. The van der Waals surface area contributed by atoms with Crippen molar-refractivity contribution in [2.24, 2.45) is 11.8 Å². The molecule has 1 N–H and O–H groups in total. The number of carbonyl (C=O) groups excluding carboxylic acids is 4. The average molecular weight is 483 g/mol. The van der Waals surface area contributed by atoms with Crippen LogP contribution in [-0.2, 0) is 9.59 Å². The van der Waals surface area contributed by atoms with Gasteiger partial charge in [0.15, 0.2) is 11.9 Å². The Morgan fingerprint density at radius 1 is 0.886 bits per heavy atom. The molecule has 3 saturated heterocycles. The zero-order chi connectivity index (χ0) is 24.5. The Labute approximate surface area is 205 Å². The number of anilines is 1. The third-order valence-corrected chi connectivity index (χ3v) is 7.79. The predicted molar refractivity (Wildman–Crippen MR) is 129 cm³/mol. The molecule has 1 aromatic carbocycles. The van der Waals surface area contributed by atoms with Crippen LogP contribution in [0.1, 0.15) is 55.8 Å². The van der Waals surface area contributed by atoms with Gasteiger partial charge in [0.2, 0.25) is 5.91 Å². The average Bonchev–Trinajstić information content (AvgIpc) is 3.43. The number of amides is 4. The first-order valence-corrected chi connectivity index (χ1v) is 12.9. The van der Waals surface area contributed by atoms with Gasteiger partial charge in [-0.2, -0.15) is 0 Å². The molecule has 2 unspecified atom stereocenters. The Bertz CT molecular complexity index is 1010. The van der Waals surface area contributed by atoms with Crippen LogP contribution in [0.15, 0.2) is 18.2 Å². The smallest absolute Gasteiger partial charge is 0.320 e. The summed E-state index contributed by atoms with van der Waals surface area (Å²) < 4.78 is 5.58. The number of benzene rings is 1. The number of ketones is 1. The summed E-state index contributed by atoms with van der Waals surface area (Å²) in [5.41, 5.74) is 1.08. The number of urea groups is 1. The van der Waals surface area contributed by atoms with Crippen LogP contribution < -0.4 is 10.1 Å². The second-order valence-corrected chi connectivity index (χ2v) is 10.2. The molecule has 2 atom stereocenters. The number of Topliss-reactive ketones (excluding diaryl/α,β-unsaturated/α-hetero) is 1. The Hall–Kier alpha value is -3.10. The molecule has 188 valence electrons. The van der Waals surface area contributed by atoms with E-state index in [0.29, 0.717) is 49.5 Å². The second kappa shape index (κ2) is 9.87. The molecule has 4 heterocycles. The molecule has 4 amide bonds. The second-order valence-electron chi connectivity index (χ2n) is 10.2. The molecule has 3 fully saturated rings. The monoisotopic (exact) mass is 482 g/mol. The molecule has 0 saturated carbocycles. The highest BCUT2D eigenvalue weighted by atomic mass is 16.5. The Morgan fingerprint density at radius 2 is 1.60 bits per heavy atom. The molecule has 9 heteroatoms. The standard InChI is InChI=1S/C26H34N4O5/c1-17-24(32)27-21-15-19(6-7-22(21)35-17)23(31)18-8-13-28(14-9-18)25(33)20-5-4-12-30(16-20)26(34)29-10-2-3-11-29/h6-7,15,17-18,20H,2-5,8-14,16H2,1H3,(H,27,32). The highest BCUT2D eigenvalue weighted by molar-refractivity contribution is 6.02. The molecule has 0 aliphatic carbocycles. The lowest BCUT2D eigenvalue weighted by molar-refractivity contribution is -0.138. The number of ether oxygens (including phenoxy) is 1. The van der Waals surface area contributed by atoms with Crippen LogP contribution in [0, 0.1) is 11.8 Å². The number of rotatable bonds is 3. The summed E-state index contributed by atoms with van der Waals surface area (Å²) in [6.07, 6.45) is 4.45. The molecule has 0 spiro atoms. The van der Waals surface area contributed by atoms with Gasteiger partial charge in [-0.05, 0) is 63.6 Å². The normalized spacial score (nSPS) is 25.1. The summed E-state index contributed by atoms with van der Waals surface area (Å²) in [5, 5.41) is 2.80. The lowest BCUT2D eigenvalue weighted by Gasteiger charge is -2.38. The lowest BCUT2D eigenvalue weighted by Crippen LogP contribution is -2.51. The van der Waals surface area contributed by atoms with Crippen LogP contribution in [0.3, 0.4) is 0 Å². The van der Waals surface area contributed by atoms with Gasteiger partial charge in [-0.3, -0.25) is 14.4 Å². The summed E-state index contributed by atoms with van der Waals surface area (Å²) >= 11 is 0. The third-order valence-electron chi connectivity index (χ3n) is 7.79. The molecule has 1 aromatic rings. The number of hydrogen-bond donors (Lipinski definition) is 1. The number of hydrogen-bond acceptors (Lipinski definition) is 5. The van der Waals surface area contributed by atoms with Crippen LogP contribution in [0.5, 0.6) is 5.75 Å². The van der Waals surface area contributed by atoms with Gasteiger partial charge in [0.05, 0.1) is 11.6 Å².